The van der Waals surface area contributed by atoms with Crippen LogP contribution in [-0.2, 0) is 11.3 Å². The minimum absolute atomic E-state index is 0.174. The van der Waals surface area contributed by atoms with Crippen molar-refractivity contribution in [3.63, 3.8) is 0 Å². The predicted octanol–water partition coefficient (Wildman–Crippen LogP) is 4.08. The number of thiazole rings is 1. The zero-order chi connectivity index (χ0) is 20.5. The van der Waals surface area contributed by atoms with Crippen LogP contribution in [0.3, 0.4) is 0 Å². The van der Waals surface area contributed by atoms with Gasteiger partial charge in [-0.15, -0.1) is 0 Å². The fourth-order valence-corrected chi connectivity index (χ4v) is 3.98. The molecule has 146 valence electrons. The number of rotatable bonds is 4. The molecule has 2 heterocycles. The van der Waals surface area contributed by atoms with E-state index in [1.54, 1.807) is 6.07 Å². The Bertz CT molecular complexity index is 1290. The van der Waals surface area contributed by atoms with Crippen LogP contribution in [0.25, 0.3) is 21.5 Å². The minimum Gasteiger partial charge on any atom is -0.300 e. The molecule has 0 saturated carbocycles. The summed E-state index contributed by atoms with van der Waals surface area (Å²) in [6.45, 7) is 5.91. The first kappa shape index (κ1) is 19.0. The molecule has 0 fully saturated rings. The molecule has 29 heavy (non-hydrogen) atoms. The number of aromatic nitrogens is 3. The van der Waals surface area contributed by atoms with Gasteiger partial charge in [0.05, 0.1) is 15.9 Å². The monoisotopic (exact) mass is 404 g/mol. The zero-order valence-corrected chi connectivity index (χ0v) is 17.2. The highest BCUT2D eigenvalue weighted by atomic mass is 32.1. The molecule has 0 atom stereocenters. The van der Waals surface area contributed by atoms with Gasteiger partial charge >= 0.3 is 0 Å². The quantitative estimate of drug-likeness (QED) is 0.556. The number of nitrogens with one attached hydrogen (secondary N) is 1. The Labute approximate surface area is 171 Å². The summed E-state index contributed by atoms with van der Waals surface area (Å²) in [5.74, 6) is -0.340. The second-order valence-electron chi connectivity index (χ2n) is 7.05. The molecule has 2 aromatic heterocycles. The third kappa shape index (κ3) is 4.09. The summed E-state index contributed by atoms with van der Waals surface area (Å²) in [6, 6.07) is 15.1. The average molecular weight is 404 g/mol. The Morgan fingerprint density at radius 3 is 2.66 bits per heavy atom. The fraction of sp³-hybridized carbons (Fsp3) is 0.182. The van der Waals surface area contributed by atoms with Crippen molar-refractivity contribution in [1.29, 1.82) is 0 Å². The molecule has 0 saturated heterocycles. The number of amides is 1. The van der Waals surface area contributed by atoms with Gasteiger partial charge in [-0.1, -0.05) is 29.5 Å². The smallest absolute Gasteiger partial charge is 0.267 e. The Morgan fingerprint density at radius 1 is 1.03 bits per heavy atom. The van der Waals surface area contributed by atoms with Gasteiger partial charge in [-0.05, 0) is 61.7 Å². The molecule has 2 aromatic carbocycles. The molecule has 0 aliphatic rings. The average Bonchev–Trinajstić information content (AvgIpc) is 3.07. The number of benzene rings is 2. The zero-order valence-electron chi connectivity index (χ0n) is 16.4. The van der Waals surface area contributed by atoms with E-state index >= 15 is 0 Å². The summed E-state index contributed by atoms with van der Waals surface area (Å²) < 4.78 is 2.18. The van der Waals surface area contributed by atoms with Gasteiger partial charge in [-0.25, -0.2) is 9.67 Å². The Balaban J connectivity index is 1.55. The molecule has 4 aromatic rings. The Kier molecular flexibility index (Phi) is 4.98. The van der Waals surface area contributed by atoms with E-state index in [-0.39, 0.29) is 18.0 Å². The number of hydrogen-bond donors (Lipinski definition) is 1. The highest BCUT2D eigenvalue weighted by Gasteiger charge is 2.11. The highest BCUT2D eigenvalue weighted by Crippen LogP contribution is 2.26. The molecule has 7 heteroatoms. The van der Waals surface area contributed by atoms with Crippen LogP contribution in [-0.4, -0.2) is 20.7 Å². The van der Waals surface area contributed by atoms with Crippen molar-refractivity contribution in [2.45, 2.75) is 27.3 Å². The van der Waals surface area contributed by atoms with E-state index in [0.717, 1.165) is 26.9 Å². The Hall–Kier alpha value is -3.32. The van der Waals surface area contributed by atoms with Crippen LogP contribution in [0.2, 0.25) is 0 Å². The summed E-state index contributed by atoms with van der Waals surface area (Å²) in [6.07, 6.45) is 0. The summed E-state index contributed by atoms with van der Waals surface area (Å²) in [7, 11) is 0. The number of nitrogens with zero attached hydrogens (tertiary/aromatic N) is 3. The summed E-state index contributed by atoms with van der Waals surface area (Å²) in [5, 5.41) is 7.65. The van der Waals surface area contributed by atoms with Crippen molar-refractivity contribution in [1.82, 2.24) is 14.8 Å². The second-order valence-corrected chi connectivity index (χ2v) is 8.08. The minimum atomic E-state index is -0.340. The molecule has 0 unspecified atom stereocenters. The molecule has 0 aliphatic heterocycles. The van der Waals surface area contributed by atoms with E-state index in [2.05, 4.69) is 15.4 Å². The van der Waals surface area contributed by atoms with E-state index in [0.29, 0.717) is 10.8 Å². The number of fused-ring (bicyclic) bond motifs is 1. The van der Waals surface area contributed by atoms with Gasteiger partial charge in [0.1, 0.15) is 6.54 Å². The van der Waals surface area contributed by atoms with E-state index in [1.807, 2.05) is 57.2 Å². The lowest BCUT2D eigenvalue weighted by molar-refractivity contribution is -0.117. The molecule has 0 radical (unpaired) electrons. The van der Waals surface area contributed by atoms with Gasteiger partial charge in [0.2, 0.25) is 5.91 Å². The van der Waals surface area contributed by atoms with Crippen LogP contribution in [0.5, 0.6) is 0 Å². The fourth-order valence-electron chi connectivity index (χ4n) is 3.00. The number of carbonyl (C=O) groups is 1. The van der Waals surface area contributed by atoms with Gasteiger partial charge < -0.3 is 5.32 Å². The number of hydrogen-bond acceptors (Lipinski definition) is 5. The maximum atomic E-state index is 12.5. The molecule has 4 rings (SSSR count). The second kappa shape index (κ2) is 7.60. The lowest BCUT2D eigenvalue weighted by Crippen LogP contribution is -2.29. The van der Waals surface area contributed by atoms with Crippen LogP contribution in [0.15, 0.2) is 53.3 Å². The molecule has 1 amide bonds. The first-order valence-electron chi connectivity index (χ1n) is 9.22. The van der Waals surface area contributed by atoms with Gasteiger partial charge in [0.15, 0.2) is 5.13 Å². The van der Waals surface area contributed by atoms with E-state index in [9.17, 15) is 9.59 Å². The van der Waals surface area contributed by atoms with Gasteiger partial charge in [0.25, 0.3) is 5.56 Å². The summed E-state index contributed by atoms with van der Waals surface area (Å²) >= 11 is 1.41. The summed E-state index contributed by atoms with van der Waals surface area (Å²) in [4.78, 5) is 29.1. The normalized spacial score (nSPS) is 11.0. The third-order valence-corrected chi connectivity index (χ3v) is 5.69. The highest BCUT2D eigenvalue weighted by molar-refractivity contribution is 7.22. The van der Waals surface area contributed by atoms with Crippen LogP contribution in [0.4, 0.5) is 5.13 Å². The molecule has 0 bridgehead atoms. The van der Waals surface area contributed by atoms with E-state index in [4.69, 9.17) is 0 Å². The van der Waals surface area contributed by atoms with Crippen molar-refractivity contribution < 1.29 is 4.79 Å². The van der Waals surface area contributed by atoms with Crippen molar-refractivity contribution in [3.8, 4) is 11.3 Å². The number of anilines is 1. The van der Waals surface area contributed by atoms with Crippen molar-refractivity contribution in [3.05, 3.63) is 75.6 Å². The number of aryl methyl sites for hydroxylation is 3. The molecule has 1 N–H and O–H groups in total. The molecule has 6 nitrogen and oxygen atoms in total. The van der Waals surface area contributed by atoms with Crippen LogP contribution >= 0.6 is 11.3 Å². The molecule has 0 aliphatic carbocycles. The van der Waals surface area contributed by atoms with Crippen LogP contribution in [0, 0.1) is 20.8 Å². The lowest BCUT2D eigenvalue weighted by Gasteiger charge is -2.08. The molecular weight excluding hydrogens is 384 g/mol. The first-order valence-corrected chi connectivity index (χ1v) is 10.0. The van der Waals surface area contributed by atoms with Gasteiger partial charge in [-0.3, -0.25) is 9.59 Å². The molecular formula is C22H20N4O2S. The largest absolute Gasteiger partial charge is 0.300 e. The van der Waals surface area contributed by atoms with Gasteiger partial charge in [0, 0.05) is 11.6 Å². The first-order chi connectivity index (χ1) is 13.9. The predicted molar refractivity (Wildman–Crippen MR) is 116 cm³/mol. The maximum Gasteiger partial charge on any atom is 0.267 e. The van der Waals surface area contributed by atoms with Crippen LogP contribution in [0.1, 0.15) is 16.7 Å². The SMILES string of the molecule is Cc1ccc2nc(NC(=O)Cn3nc(-c4ccc(C)c(C)c4)ccc3=O)sc2c1. The van der Waals surface area contributed by atoms with E-state index in [1.165, 1.54) is 27.6 Å². The van der Waals surface area contributed by atoms with Crippen LogP contribution < -0.4 is 10.9 Å². The van der Waals surface area contributed by atoms with E-state index < -0.39 is 0 Å². The van der Waals surface area contributed by atoms with Crippen molar-refractivity contribution in [2.75, 3.05) is 5.32 Å². The standard InChI is InChI=1S/C22H20N4O2S/c1-13-4-7-18-19(10-13)29-22(23-18)24-20(27)12-26-21(28)9-8-17(25-26)16-6-5-14(2)15(3)11-16/h4-11H,12H2,1-3H3,(H,23,24,27). The topological polar surface area (TPSA) is 76.9 Å². The lowest BCUT2D eigenvalue weighted by atomic mass is 10.0. The van der Waals surface area contributed by atoms with Crippen molar-refractivity contribution >= 4 is 32.6 Å². The Morgan fingerprint density at radius 2 is 1.86 bits per heavy atom. The van der Waals surface area contributed by atoms with Gasteiger partial charge in [-0.2, -0.15) is 5.10 Å². The summed E-state index contributed by atoms with van der Waals surface area (Å²) in [5.41, 5.74) is 5.53. The molecule has 0 spiro atoms. The maximum absolute atomic E-state index is 12.5. The number of carbonyl (C=O) groups excluding carboxylic acids is 1. The third-order valence-electron chi connectivity index (χ3n) is 4.75. The van der Waals surface area contributed by atoms with Crippen molar-refractivity contribution in [2.24, 2.45) is 0 Å².